The van der Waals surface area contributed by atoms with Crippen LogP contribution in [0.1, 0.15) is 5.56 Å². The molecular formula is C19H26N8O2. The Balaban J connectivity index is 1.61. The second-order valence-electron chi connectivity index (χ2n) is 6.72. The Hall–Kier alpha value is -3.24. The number of hydrogen-bond acceptors (Lipinski definition) is 6. The summed E-state index contributed by atoms with van der Waals surface area (Å²) >= 11 is 0. The van der Waals surface area contributed by atoms with Crippen LogP contribution in [0, 0.1) is 0 Å². The molecule has 1 aliphatic rings. The summed E-state index contributed by atoms with van der Waals surface area (Å²) in [6.45, 7) is 4.65. The summed E-state index contributed by atoms with van der Waals surface area (Å²) < 4.78 is 0. The van der Waals surface area contributed by atoms with Crippen LogP contribution in [0.5, 0.6) is 0 Å². The van der Waals surface area contributed by atoms with Crippen LogP contribution >= 0.6 is 0 Å². The number of aliphatic hydroxyl groups is 1. The van der Waals surface area contributed by atoms with Gasteiger partial charge in [0.25, 0.3) is 0 Å². The maximum Gasteiger partial charge on any atom is 0.344 e. The molecule has 0 radical (unpaired) electrons. The minimum atomic E-state index is -0.581. The smallest absolute Gasteiger partial charge is 0.344 e. The molecule has 2 aromatic rings. The van der Waals surface area contributed by atoms with Gasteiger partial charge in [-0.2, -0.15) is 4.99 Å². The van der Waals surface area contributed by atoms with Crippen molar-refractivity contribution in [3.05, 3.63) is 42.2 Å². The molecule has 10 nitrogen and oxygen atoms in total. The van der Waals surface area contributed by atoms with E-state index in [9.17, 15) is 4.79 Å². The first kappa shape index (κ1) is 20.5. The van der Waals surface area contributed by atoms with Crippen molar-refractivity contribution in [3.63, 3.8) is 0 Å². The van der Waals surface area contributed by atoms with E-state index in [0.29, 0.717) is 19.0 Å². The summed E-state index contributed by atoms with van der Waals surface area (Å²) in [7, 11) is 0. The fourth-order valence-electron chi connectivity index (χ4n) is 3.14. The molecular weight excluding hydrogens is 372 g/mol. The molecule has 2 amide bonds. The highest BCUT2D eigenvalue weighted by Crippen LogP contribution is 2.21. The number of nitrogens with one attached hydrogen (secondary N) is 1. The SMILES string of the molecule is NC(N)=NC(=O)NCc1cccc(-c2cnc(N3CCN(CCO)CC3)nc2)c1. The Bertz CT molecular complexity index is 844. The predicted octanol–water partition coefficient (Wildman–Crippen LogP) is -0.259. The van der Waals surface area contributed by atoms with Crippen molar-refractivity contribution >= 4 is 17.9 Å². The molecule has 29 heavy (non-hydrogen) atoms. The van der Waals surface area contributed by atoms with E-state index in [1.807, 2.05) is 24.3 Å². The number of guanidine groups is 1. The van der Waals surface area contributed by atoms with E-state index < -0.39 is 6.03 Å². The number of carbonyl (C=O) groups is 1. The average molecular weight is 398 g/mol. The molecule has 3 rings (SSSR count). The van der Waals surface area contributed by atoms with Crippen LogP contribution in [0.25, 0.3) is 11.1 Å². The summed E-state index contributed by atoms with van der Waals surface area (Å²) in [5.41, 5.74) is 13.1. The molecule has 0 saturated carbocycles. The highest BCUT2D eigenvalue weighted by molar-refractivity contribution is 5.90. The number of benzene rings is 1. The number of aliphatic imine (C=N–C) groups is 1. The molecule has 0 atom stereocenters. The number of anilines is 1. The first-order chi connectivity index (χ1) is 14.0. The number of nitrogens with two attached hydrogens (primary N) is 2. The van der Waals surface area contributed by atoms with Crippen molar-refractivity contribution < 1.29 is 9.90 Å². The van der Waals surface area contributed by atoms with Crippen molar-refractivity contribution in [2.24, 2.45) is 16.5 Å². The van der Waals surface area contributed by atoms with Crippen LogP contribution in [0.2, 0.25) is 0 Å². The summed E-state index contributed by atoms with van der Waals surface area (Å²) in [5, 5.41) is 11.7. The van der Waals surface area contributed by atoms with E-state index >= 15 is 0 Å². The van der Waals surface area contributed by atoms with E-state index in [1.54, 1.807) is 12.4 Å². The lowest BCUT2D eigenvalue weighted by Crippen LogP contribution is -2.47. The van der Waals surface area contributed by atoms with E-state index in [4.69, 9.17) is 16.6 Å². The molecule has 2 heterocycles. The predicted molar refractivity (Wildman–Crippen MR) is 111 cm³/mol. The third kappa shape index (κ3) is 5.87. The van der Waals surface area contributed by atoms with Crippen LogP contribution < -0.4 is 21.7 Å². The van der Waals surface area contributed by atoms with Crippen LogP contribution in [-0.4, -0.2) is 71.3 Å². The maximum absolute atomic E-state index is 11.5. The summed E-state index contributed by atoms with van der Waals surface area (Å²) in [4.78, 5) is 28.4. The van der Waals surface area contributed by atoms with Gasteiger partial charge in [-0.25, -0.2) is 14.8 Å². The van der Waals surface area contributed by atoms with Gasteiger partial charge >= 0.3 is 6.03 Å². The average Bonchev–Trinajstić information content (AvgIpc) is 2.73. The zero-order valence-electron chi connectivity index (χ0n) is 16.2. The summed E-state index contributed by atoms with van der Waals surface area (Å²) in [6.07, 6.45) is 3.61. The van der Waals surface area contributed by atoms with Gasteiger partial charge in [0.15, 0.2) is 5.96 Å². The van der Waals surface area contributed by atoms with Crippen molar-refractivity contribution in [2.75, 3.05) is 44.2 Å². The third-order valence-electron chi connectivity index (χ3n) is 4.64. The van der Waals surface area contributed by atoms with Crippen LogP contribution in [0.15, 0.2) is 41.7 Å². The number of aliphatic hydroxyl groups excluding tert-OH is 1. The Morgan fingerprint density at radius 1 is 1.14 bits per heavy atom. The van der Waals surface area contributed by atoms with E-state index in [0.717, 1.165) is 42.9 Å². The highest BCUT2D eigenvalue weighted by Gasteiger charge is 2.18. The van der Waals surface area contributed by atoms with E-state index in [2.05, 4.69) is 30.1 Å². The fourth-order valence-corrected chi connectivity index (χ4v) is 3.14. The second kappa shape index (κ2) is 9.80. The fraction of sp³-hybridized carbons (Fsp3) is 0.368. The van der Waals surface area contributed by atoms with Gasteiger partial charge in [0, 0.05) is 57.2 Å². The van der Waals surface area contributed by atoms with Gasteiger partial charge in [-0.1, -0.05) is 18.2 Å². The molecule has 6 N–H and O–H groups in total. The van der Waals surface area contributed by atoms with E-state index in [-0.39, 0.29) is 12.6 Å². The van der Waals surface area contributed by atoms with Crippen molar-refractivity contribution in [2.45, 2.75) is 6.54 Å². The minimum Gasteiger partial charge on any atom is -0.395 e. The number of aromatic nitrogens is 2. The van der Waals surface area contributed by atoms with Crippen LogP contribution in [0.3, 0.4) is 0 Å². The number of amides is 2. The summed E-state index contributed by atoms with van der Waals surface area (Å²) in [6, 6.07) is 7.16. The number of piperazine rings is 1. The van der Waals surface area contributed by atoms with Crippen LogP contribution in [-0.2, 0) is 6.54 Å². The second-order valence-corrected chi connectivity index (χ2v) is 6.72. The zero-order chi connectivity index (χ0) is 20.6. The van der Waals surface area contributed by atoms with Gasteiger partial charge in [0.2, 0.25) is 5.95 Å². The highest BCUT2D eigenvalue weighted by atomic mass is 16.3. The van der Waals surface area contributed by atoms with Crippen molar-refractivity contribution in [3.8, 4) is 11.1 Å². The quantitative estimate of drug-likeness (QED) is 0.385. The summed E-state index contributed by atoms with van der Waals surface area (Å²) in [5.74, 6) is 0.432. The van der Waals surface area contributed by atoms with Crippen molar-refractivity contribution in [1.29, 1.82) is 0 Å². The first-order valence-electron chi connectivity index (χ1n) is 9.42. The number of carbonyl (C=O) groups excluding carboxylic acids is 1. The first-order valence-corrected chi connectivity index (χ1v) is 9.42. The van der Waals surface area contributed by atoms with Gasteiger partial charge in [-0.05, 0) is 17.2 Å². The third-order valence-corrected chi connectivity index (χ3v) is 4.64. The molecule has 1 aliphatic heterocycles. The molecule has 1 saturated heterocycles. The normalized spacial score (nSPS) is 14.4. The minimum absolute atomic E-state index is 0.183. The monoisotopic (exact) mass is 398 g/mol. The molecule has 0 bridgehead atoms. The van der Waals surface area contributed by atoms with E-state index in [1.165, 1.54) is 0 Å². The lowest BCUT2D eigenvalue weighted by molar-refractivity contribution is 0.188. The molecule has 10 heteroatoms. The molecule has 1 aromatic heterocycles. The van der Waals surface area contributed by atoms with Gasteiger partial charge in [-0.15, -0.1) is 0 Å². The Labute approximate surface area is 169 Å². The molecule has 0 unspecified atom stereocenters. The number of rotatable bonds is 6. The topological polar surface area (TPSA) is 146 Å². The Kier molecular flexibility index (Phi) is 6.93. The van der Waals surface area contributed by atoms with Crippen LogP contribution in [0.4, 0.5) is 10.7 Å². The molecule has 154 valence electrons. The number of β-amino-alcohol motifs (C(OH)–C–C–N with tert-alkyl or cyclic N) is 1. The standard InChI is InChI=1S/C19H26N8O2/c20-17(21)25-19(29)24-11-14-2-1-3-15(10-14)16-12-22-18(23-13-16)27-6-4-26(5-7-27)8-9-28/h1-3,10,12-13,28H,4-9,11H2,(H5,20,21,24,25,29). The van der Waals surface area contributed by atoms with Gasteiger partial charge in [0.1, 0.15) is 0 Å². The lowest BCUT2D eigenvalue weighted by Gasteiger charge is -2.34. The van der Waals surface area contributed by atoms with Gasteiger partial charge in [0.05, 0.1) is 6.61 Å². The molecule has 0 spiro atoms. The van der Waals surface area contributed by atoms with Gasteiger partial charge < -0.3 is 26.8 Å². The largest absolute Gasteiger partial charge is 0.395 e. The number of nitrogens with zero attached hydrogens (tertiary/aromatic N) is 5. The van der Waals surface area contributed by atoms with Gasteiger partial charge in [-0.3, -0.25) is 4.90 Å². The number of hydrogen-bond donors (Lipinski definition) is 4. The molecule has 1 aromatic carbocycles. The molecule has 0 aliphatic carbocycles. The number of urea groups is 1. The maximum atomic E-state index is 11.5. The Morgan fingerprint density at radius 3 is 2.52 bits per heavy atom. The zero-order valence-corrected chi connectivity index (χ0v) is 16.2. The van der Waals surface area contributed by atoms with Crippen molar-refractivity contribution in [1.82, 2.24) is 20.2 Å². The molecule has 1 fully saturated rings. The lowest BCUT2D eigenvalue weighted by atomic mass is 10.1. The Morgan fingerprint density at radius 2 is 1.86 bits per heavy atom.